The van der Waals surface area contributed by atoms with Gasteiger partial charge in [0.2, 0.25) is 0 Å². The number of rotatable bonds is 3. The van der Waals surface area contributed by atoms with Gasteiger partial charge < -0.3 is 9.80 Å². The molecule has 1 aromatic heterocycles. The summed E-state index contributed by atoms with van der Waals surface area (Å²) in [5.41, 5.74) is 21.5. The maximum atomic E-state index is 2.66. The molecule has 63 heavy (non-hydrogen) atoms. The van der Waals surface area contributed by atoms with Gasteiger partial charge in [-0.2, -0.15) is 0 Å². The topological polar surface area (TPSA) is 6.48 Å². The smallest absolute Gasteiger partial charge is 0.264 e. The van der Waals surface area contributed by atoms with Crippen LogP contribution in [-0.2, 0) is 27.1 Å². The number of anilines is 6. The fourth-order valence-electron chi connectivity index (χ4n) is 10.9. The van der Waals surface area contributed by atoms with E-state index in [4.69, 9.17) is 0 Å². The van der Waals surface area contributed by atoms with Crippen LogP contribution in [0.15, 0.2) is 115 Å². The SMILES string of the molecule is Cc1cc2c3c(c1)N(c1ccc4c(c1)C(C)(C)CCC4(C)C)c1c(sc4ccccc14)B3c1ccc(C(C)(C)C)cc1N2c1ccc(C(C)(C)C)cc1-c1ccc(C(C)(C)C)cc1. The summed E-state index contributed by atoms with van der Waals surface area (Å²) in [7, 11) is 0. The summed E-state index contributed by atoms with van der Waals surface area (Å²) in [6.07, 6.45) is 2.39. The first-order valence-electron chi connectivity index (χ1n) is 23.3. The van der Waals surface area contributed by atoms with Gasteiger partial charge in [0, 0.05) is 43.2 Å². The lowest BCUT2D eigenvalue weighted by atomic mass is 9.36. The Labute approximate surface area is 382 Å². The van der Waals surface area contributed by atoms with E-state index < -0.39 is 0 Å². The lowest BCUT2D eigenvalue weighted by Gasteiger charge is -2.45. The van der Waals surface area contributed by atoms with Crippen molar-refractivity contribution in [3.05, 3.63) is 149 Å². The Balaban J connectivity index is 1.30. The van der Waals surface area contributed by atoms with Crippen LogP contribution in [0.25, 0.3) is 21.2 Å². The minimum absolute atomic E-state index is 0.0117. The van der Waals surface area contributed by atoms with E-state index in [0.717, 1.165) is 0 Å². The number of hydrogen-bond acceptors (Lipinski definition) is 3. The summed E-state index contributed by atoms with van der Waals surface area (Å²) < 4.78 is 2.77. The van der Waals surface area contributed by atoms with Crippen LogP contribution in [0.4, 0.5) is 34.1 Å². The highest BCUT2D eigenvalue weighted by atomic mass is 32.1. The van der Waals surface area contributed by atoms with E-state index in [-0.39, 0.29) is 33.8 Å². The number of fused-ring (bicyclic) bond motifs is 7. The molecule has 4 heteroatoms. The first-order valence-corrected chi connectivity index (χ1v) is 24.2. The summed E-state index contributed by atoms with van der Waals surface area (Å²) in [4.78, 5) is 5.32. The van der Waals surface area contributed by atoms with Crippen molar-refractivity contribution in [2.75, 3.05) is 9.80 Å². The van der Waals surface area contributed by atoms with Crippen molar-refractivity contribution in [3.8, 4) is 11.1 Å². The van der Waals surface area contributed by atoms with Gasteiger partial charge in [-0.15, -0.1) is 11.3 Å². The molecule has 0 spiro atoms. The highest BCUT2D eigenvalue weighted by molar-refractivity contribution is 7.33. The molecule has 2 aliphatic heterocycles. The van der Waals surface area contributed by atoms with E-state index in [1.165, 1.54) is 117 Å². The molecular formula is C59H65BN2S. The van der Waals surface area contributed by atoms with Crippen LogP contribution in [-0.4, -0.2) is 6.71 Å². The Morgan fingerprint density at radius 3 is 1.79 bits per heavy atom. The van der Waals surface area contributed by atoms with Crippen LogP contribution >= 0.6 is 11.3 Å². The second-order valence-electron chi connectivity index (χ2n) is 23.5. The van der Waals surface area contributed by atoms with Gasteiger partial charge in [-0.3, -0.25) is 0 Å². The van der Waals surface area contributed by atoms with Crippen LogP contribution in [0.3, 0.4) is 0 Å². The fraction of sp³-hybridized carbons (Fsp3) is 0.356. The molecule has 1 aliphatic carbocycles. The third kappa shape index (κ3) is 6.72. The molecule has 3 heterocycles. The predicted octanol–water partition coefficient (Wildman–Crippen LogP) is 15.2. The molecule has 0 bridgehead atoms. The molecule has 0 fully saturated rings. The highest BCUT2D eigenvalue weighted by Crippen LogP contribution is 2.53. The maximum absolute atomic E-state index is 2.66. The van der Waals surface area contributed by atoms with Crippen molar-refractivity contribution >= 4 is 78.0 Å². The largest absolute Gasteiger partial charge is 0.311 e. The Kier molecular flexibility index (Phi) is 9.30. The highest BCUT2D eigenvalue weighted by Gasteiger charge is 2.47. The molecule has 0 radical (unpaired) electrons. The van der Waals surface area contributed by atoms with Gasteiger partial charge in [0.15, 0.2) is 0 Å². The maximum Gasteiger partial charge on any atom is 0.264 e. The Morgan fingerprint density at radius 2 is 1.13 bits per heavy atom. The van der Waals surface area contributed by atoms with E-state index >= 15 is 0 Å². The van der Waals surface area contributed by atoms with Gasteiger partial charge in [-0.25, -0.2) is 0 Å². The molecule has 0 unspecified atom stereocenters. The number of benzene rings is 6. The zero-order valence-electron chi connectivity index (χ0n) is 40.3. The first-order chi connectivity index (χ1) is 29.5. The van der Waals surface area contributed by atoms with Gasteiger partial charge in [-0.1, -0.05) is 157 Å². The lowest BCUT2D eigenvalue weighted by Crippen LogP contribution is -2.60. The van der Waals surface area contributed by atoms with Crippen molar-refractivity contribution in [2.45, 2.75) is 137 Å². The quantitative estimate of drug-likeness (QED) is 0.164. The minimum Gasteiger partial charge on any atom is -0.311 e. The molecule has 0 saturated carbocycles. The monoisotopic (exact) mass is 844 g/mol. The molecule has 0 amide bonds. The van der Waals surface area contributed by atoms with Crippen molar-refractivity contribution < 1.29 is 0 Å². The average molecular weight is 845 g/mol. The fourth-order valence-corrected chi connectivity index (χ4v) is 12.2. The van der Waals surface area contributed by atoms with Crippen molar-refractivity contribution in [2.24, 2.45) is 0 Å². The van der Waals surface area contributed by atoms with Crippen molar-refractivity contribution in [1.82, 2.24) is 0 Å². The summed E-state index contributed by atoms with van der Waals surface area (Å²) in [6.45, 7) is 33.1. The zero-order chi connectivity index (χ0) is 44.8. The van der Waals surface area contributed by atoms with Crippen LogP contribution in [0, 0.1) is 6.92 Å². The van der Waals surface area contributed by atoms with E-state index in [1.807, 2.05) is 11.3 Å². The third-order valence-electron chi connectivity index (χ3n) is 14.8. The van der Waals surface area contributed by atoms with Crippen molar-refractivity contribution in [3.63, 3.8) is 0 Å². The Hall–Kier alpha value is -5.06. The Morgan fingerprint density at radius 1 is 0.540 bits per heavy atom. The van der Waals surface area contributed by atoms with E-state index in [1.54, 1.807) is 0 Å². The van der Waals surface area contributed by atoms with E-state index in [2.05, 4.69) is 222 Å². The third-order valence-corrected chi connectivity index (χ3v) is 16.1. The molecule has 320 valence electrons. The summed E-state index contributed by atoms with van der Waals surface area (Å²) in [6, 6.07) is 45.7. The molecule has 0 saturated heterocycles. The molecule has 10 rings (SSSR count). The average Bonchev–Trinajstić information content (AvgIpc) is 3.60. The summed E-state index contributed by atoms with van der Waals surface area (Å²) in [5, 5.41) is 1.33. The number of thiophene rings is 1. The van der Waals surface area contributed by atoms with Crippen LogP contribution < -0.4 is 25.5 Å². The predicted molar refractivity (Wildman–Crippen MR) is 277 cm³/mol. The molecule has 2 nitrogen and oxygen atoms in total. The molecular weight excluding hydrogens is 780 g/mol. The first kappa shape index (κ1) is 41.9. The van der Waals surface area contributed by atoms with Gasteiger partial charge in [-0.05, 0) is 145 Å². The minimum atomic E-state index is -0.0264. The van der Waals surface area contributed by atoms with Gasteiger partial charge in [0.25, 0.3) is 6.71 Å². The van der Waals surface area contributed by atoms with Gasteiger partial charge in [0.1, 0.15) is 0 Å². The zero-order valence-corrected chi connectivity index (χ0v) is 41.1. The van der Waals surface area contributed by atoms with Gasteiger partial charge >= 0.3 is 0 Å². The molecule has 6 aromatic carbocycles. The second-order valence-corrected chi connectivity index (χ2v) is 24.5. The number of hydrogen-bond donors (Lipinski definition) is 0. The molecule has 3 aliphatic rings. The second kappa shape index (κ2) is 14.0. The lowest BCUT2D eigenvalue weighted by molar-refractivity contribution is 0.332. The summed E-state index contributed by atoms with van der Waals surface area (Å²) in [5.74, 6) is 0. The number of aryl methyl sites for hydroxylation is 1. The standard InChI is InChI=1S/C59H65BN2S/c1-36-31-49-52-50(32-36)62(47-28-24-39(56(5,6)7)33-43(47)37-19-21-38(22-20-37)55(2,3)4)48-34-40(57(8,9)10)23-27-46(48)60(52)54-53(42-17-15-16-18-51(42)63-54)61(49)41-25-26-44-45(35-41)59(13,14)30-29-58(44,11)12/h15-28,31-35H,29-30H2,1-14H3. The van der Waals surface area contributed by atoms with E-state index in [9.17, 15) is 0 Å². The summed E-state index contributed by atoms with van der Waals surface area (Å²) >= 11 is 1.99. The number of nitrogens with zero attached hydrogens (tertiary/aromatic N) is 2. The van der Waals surface area contributed by atoms with Gasteiger partial charge in [0.05, 0.1) is 11.4 Å². The van der Waals surface area contributed by atoms with Crippen molar-refractivity contribution in [1.29, 1.82) is 0 Å². The van der Waals surface area contributed by atoms with Crippen LogP contribution in [0.2, 0.25) is 0 Å². The molecule has 0 atom stereocenters. The Bertz CT molecular complexity index is 2980. The van der Waals surface area contributed by atoms with E-state index in [0.29, 0.717) is 0 Å². The van der Waals surface area contributed by atoms with Crippen LogP contribution in [0.1, 0.15) is 136 Å². The molecule has 7 aromatic rings. The normalized spacial score (nSPS) is 16.4. The van der Waals surface area contributed by atoms with Crippen LogP contribution in [0.5, 0.6) is 0 Å². The molecule has 0 N–H and O–H groups in total.